The van der Waals surface area contributed by atoms with E-state index in [0.717, 1.165) is 25.7 Å². The minimum absolute atomic E-state index is 0.0116. The van der Waals surface area contributed by atoms with Crippen molar-refractivity contribution in [2.45, 2.75) is 53.8 Å². The van der Waals surface area contributed by atoms with Gasteiger partial charge >= 0.3 is 0 Å². The summed E-state index contributed by atoms with van der Waals surface area (Å²) in [6.45, 7) is 2.04. The molecule has 0 aromatic rings. The van der Waals surface area contributed by atoms with E-state index in [2.05, 4.69) is 61.6 Å². The molecule has 0 aromatic heterocycles. The second-order valence-electron chi connectivity index (χ2n) is 4.01. The first-order valence-corrected chi connectivity index (χ1v) is 10.9. The third kappa shape index (κ3) is 9.53. The van der Waals surface area contributed by atoms with E-state index in [9.17, 15) is 4.89 Å². The Bertz CT molecular complexity index is 258. The number of alkyl halides is 3. The van der Waals surface area contributed by atoms with Gasteiger partial charge in [-0.25, -0.2) is 0 Å². The molecule has 0 heterocycles. The molecule has 2 atom stereocenters. The van der Waals surface area contributed by atoms with Crippen LogP contribution in [-0.4, -0.2) is 19.3 Å². The van der Waals surface area contributed by atoms with Gasteiger partial charge in [0.15, 0.2) is 6.49 Å². The largest absolute Gasteiger partial charge is 0.345 e. The molecular weight excluding hydrogens is 455 g/mol. The SMILES string of the molecule is CCCCOP(O)(=S)C(CCC)CC(Br)(Br)Br. The summed E-state index contributed by atoms with van der Waals surface area (Å²) < 4.78 is 5.18. The second-order valence-corrected chi connectivity index (χ2v) is 15.0. The fourth-order valence-corrected chi connectivity index (χ4v) is 5.80. The number of rotatable bonds is 8. The Morgan fingerprint density at radius 2 is 1.88 bits per heavy atom. The summed E-state index contributed by atoms with van der Waals surface area (Å²) >= 11 is 15.7. The van der Waals surface area contributed by atoms with Gasteiger partial charge in [0.1, 0.15) is 2.14 Å². The number of unbranched alkanes of at least 4 members (excludes halogenated alkanes) is 1. The normalized spacial score (nSPS) is 17.8. The van der Waals surface area contributed by atoms with Crippen LogP contribution < -0.4 is 0 Å². The summed E-state index contributed by atoms with van der Waals surface area (Å²) in [5.74, 6) is 0. The Hall–Kier alpha value is 2.01. The Balaban J connectivity index is 4.49. The van der Waals surface area contributed by atoms with Crippen LogP contribution in [0.3, 0.4) is 0 Å². The average molecular weight is 475 g/mol. The molecule has 2 unspecified atom stereocenters. The summed E-state index contributed by atoms with van der Waals surface area (Å²) in [6.07, 6.45) is 4.56. The molecule has 0 rings (SSSR count). The lowest BCUT2D eigenvalue weighted by molar-refractivity contribution is 0.290. The minimum Gasteiger partial charge on any atom is -0.345 e. The van der Waals surface area contributed by atoms with Gasteiger partial charge in [0.2, 0.25) is 0 Å². The Morgan fingerprint density at radius 1 is 1.29 bits per heavy atom. The predicted octanol–water partition coefficient (Wildman–Crippen LogP) is 5.50. The molecule has 0 spiro atoms. The molecule has 7 heteroatoms. The Morgan fingerprint density at radius 3 is 2.29 bits per heavy atom. The van der Waals surface area contributed by atoms with Gasteiger partial charge in [0, 0.05) is 5.66 Å². The molecule has 0 aliphatic heterocycles. The van der Waals surface area contributed by atoms with Crippen LogP contribution in [0, 0.1) is 0 Å². The van der Waals surface area contributed by atoms with Crippen LogP contribution >= 0.6 is 54.3 Å². The van der Waals surface area contributed by atoms with Crippen molar-refractivity contribution in [3.05, 3.63) is 0 Å². The maximum atomic E-state index is 10.3. The standard InChI is InChI=1S/C10H20Br3O2PS/c1-3-5-7-15-16(14,17)9(6-4-2)8-10(11,12)13/h9H,3-8H2,1-2H3,(H,14,17). The second kappa shape index (κ2) is 9.04. The predicted molar refractivity (Wildman–Crippen MR) is 90.2 cm³/mol. The van der Waals surface area contributed by atoms with Crippen LogP contribution in [0.4, 0.5) is 0 Å². The van der Waals surface area contributed by atoms with Gasteiger partial charge in [-0.1, -0.05) is 74.5 Å². The van der Waals surface area contributed by atoms with Crippen LogP contribution in [0.2, 0.25) is 0 Å². The van der Waals surface area contributed by atoms with E-state index in [4.69, 9.17) is 16.3 Å². The van der Waals surface area contributed by atoms with Crippen molar-refractivity contribution in [1.82, 2.24) is 0 Å². The van der Waals surface area contributed by atoms with Crippen LogP contribution in [0.15, 0.2) is 0 Å². The summed E-state index contributed by atoms with van der Waals surface area (Å²) in [4.78, 5) is 10.3. The van der Waals surface area contributed by atoms with E-state index in [-0.39, 0.29) is 7.80 Å². The highest BCUT2D eigenvalue weighted by Crippen LogP contribution is 2.55. The maximum Gasteiger partial charge on any atom is 0.189 e. The molecule has 2 nitrogen and oxygen atoms in total. The molecule has 1 N–H and O–H groups in total. The minimum atomic E-state index is -2.70. The lowest BCUT2D eigenvalue weighted by atomic mass is 10.2. The van der Waals surface area contributed by atoms with Gasteiger partial charge in [-0.2, -0.15) is 0 Å². The zero-order valence-corrected chi connectivity index (χ0v) is 16.6. The van der Waals surface area contributed by atoms with Crippen molar-refractivity contribution >= 4 is 66.1 Å². The molecule has 17 heavy (non-hydrogen) atoms. The first kappa shape index (κ1) is 19.0. The molecule has 0 amide bonds. The number of hydrogen-bond acceptors (Lipinski definition) is 2. The van der Waals surface area contributed by atoms with Crippen molar-refractivity contribution < 1.29 is 9.42 Å². The number of hydrogen-bond donors (Lipinski definition) is 1. The topological polar surface area (TPSA) is 29.5 Å². The van der Waals surface area contributed by atoms with Crippen molar-refractivity contribution in [1.29, 1.82) is 0 Å². The highest BCUT2D eigenvalue weighted by atomic mass is 80.0. The first-order chi connectivity index (χ1) is 7.73. The van der Waals surface area contributed by atoms with Gasteiger partial charge in [-0.3, -0.25) is 0 Å². The van der Waals surface area contributed by atoms with Crippen molar-refractivity contribution in [3.8, 4) is 0 Å². The van der Waals surface area contributed by atoms with Gasteiger partial charge in [-0.15, -0.1) is 0 Å². The van der Waals surface area contributed by atoms with Crippen LogP contribution in [0.25, 0.3) is 0 Å². The van der Waals surface area contributed by atoms with Crippen LogP contribution in [0.1, 0.15) is 46.0 Å². The zero-order chi connectivity index (χ0) is 13.5. The Kier molecular flexibility index (Phi) is 10.1. The molecule has 0 fully saturated rings. The van der Waals surface area contributed by atoms with E-state index >= 15 is 0 Å². The van der Waals surface area contributed by atoms with E-state index in [1.165, 1.54) is 0 Å². The quantitative estimate of drug-likeness (QED) is 0.286. The van der Waals surface area contributed by atoms with Crippen molar-refractivity contribution in [2.24, 2.45) is 0 Å². The first-order valence-electron chi connectivity index (χ1n) is 5.76. The van der Waals surface area contributed by atoms with Gasteiger partial charge in [0.25, 0.3) is 0 Å². The molecule has 104 valence electrons. The fourth-order valence-electron chi connectivity index (χ4n) is 1.43. The highest BCUT2D eigenvalue weighted by Gasteiger charge is 2.33. The van der Waals surface area contributed by atoms with Crippen LogP contribution in [-0.2, 0) is 16.3 Å². The molecule has 0 radical (unpaired) electrons. The number of halogens is 3. The third-order valence-corrected chi connectivity index (χ3v) is 6.42. The molecule has 0 aromatic carbocycles. The summed E-state index contributed by atoms with van der Waals surface area (Å²) in [5.41, 5.74) is 0.0116. The lowest BCUT2D eigenvalue weighted by Gasteiger charge is -2.28. The molecular formula is C10H20Br3O2PS. The average Bonchev–Trinajstić information content (AvgIpc) is 2.15. The smallest absolute Gasteiger partial charge is 0.189 e. The van der Waals surface area contributed by atoms with Crippen molar-refractivity contribution in [2.75, 3.05) is 6.61 Å². The molecule has 0 aliphatic carbocycles. The molecule has 0 aliphatic rings. The molecule has 0 saturated carbocycles. The summed E-state index contributed by atoms with van der Waals surface area (Å²) in [7, 11) is 0. The lowest BCUT2D eigenvalue weighted by Crippen LogP contribution is -2.17. The van der Waals surface area contributed by atoms with E-state index in [1.54, 1.807) is 0 Å². The highest BCUT2D eigenvalue weighted by molar-refractivity contribution is 9.39. The van der Waals surface area contributed by atoms with Gasteiger partial charge in [0.05, 0.1) is 6.61 Å². The molecule has 0 saturated heterocycles. The van der Waals surface area contributed by atoms with Gasteiger partial charge < -0.3 is 9.42 Å². The zero-order valence-electron chi connectivity index (χ0n) is 10.2. The van der Waals surface area contributed by atoms with E-state index in [1.807, 2.05) is 0 Å². The third-order valence-electron chi connectivity index (χ3n) is 2.32. The molecule has 0 bridgehead atoms. The maximum absolute atomic E-state index is 10.3. The van der Waals surface area contributed by atoms with Crippen LogP contribution in [0.5, 0.6) is 0 Å². The summed E-state index contributed by atoms with van der Waals surface area (Å²) in [6, 6.07) is 0. The van der Waals surface area contributed by atoms with Crippen molar-refractivity contribution in [3.63, 3.8) is 0 Å². The monoisotopic (exact) mass is 472 g/mol. The van der Waals surface area contributed by atoms with Gasteiger partial charge in [-0.05, 0) is 31.1 Å². The fraction of sp³-hybridized carbons (Fsp3) is 1.00. The van der Waals surface area contributed by atoms with E-state index < -0.39 is 6.49 Å². The van der Waals surface area contributed by atoms with E-state index in [0.29, 0.717) is 13.0 Å². The summed E-state index contributed by atoms with van der Waals surface area (Å²) in [5, 5.41) is 0. The Labute approximate surface area is 135 Å².